The number of hydrogen-bond acceptors (Lipinski definition) is 8. The lowest BCUT2D eigenvalue weighted by atomic mass is 9.83. The predicted octanol–water partition coefficient (Wildman–Crippen LogP) is 3.38. The number of unbranched alkanes of at least 4 members (excludes halogenated alkanes) is 1. The molecule has 1 aliphatic carbocycles. The van der Waals surface area contributed by atoms with Crippen LogP contribution in [0.1, 0.15) is 98.0 Å². The molecular formula is C33H56N4O7S. The minimum absolute atomic E-state index is 0.166. The number of amides is 3. The van der Waals surface area contributed by atoms with E-state index in [1.807, 2.05) is 30.3 Å². The van der Waals surface area contributed by atoms with E-state index >= 15 is 0 Å². The van der Waals surface area contributed by atoms with Crippen molar-refractivity contribution < 1.29 is 32.6 Å². The number of nitrogens with one attached hydrogen (secondary N) is 3. The topological polar surface area (TPSA) is 177 Å². The molecule has 1 saturated carbocycles. The number of aliphatic hydroxyl groups excluding tert-OH is 1. The molecule has 1 fully saturated rings. The average molecular weight is 653 g/mol. The summed E-state index contributed by atoms with van der Waals surface area (Å²) in [6, 6.07) is 6.36. The third-order valence-corrected chi connectivity index (χ3v) is 10.3. The van der Waals surface area contributed by atoms with Gasteiger partial charge >= 0.3 is 6.09 Å². The predicted molar refractivity (Wildman–Crippen MR) is 176 cm³/mol. The number of carbonyl (C=O) groups excluding carboxylic acids is 3. The van der Waals surface area contributed by atoms with Gasteiger partial charge in [-0.2, -0.15) is 0 Å². The van der Waals surface area contributed by atoms with Crippen molar-refractivity contribution in [1.29, 1.82) is 0 Å². The van der Waals surface area contributed by atoms with Crippen LogP contribution in [0.3, 0.4) is 0 Å². The van der Waals surface area contributed by atoms with Gasteiger partial charge in [-0.1, -0.05) is 62.4 Å². The second-order valence-corrected chi connectivity index (χ2v) is 16.1. The van der Waals surface area contributed by atoms with Crippen LogP contribution < -0.4 is 21.7 Å². The number of carbonyl (C=O) groups is 3. The van der Waals surface area contributed by atoms with Crippen molar-refractivity contribution >= 4 is 27.7 Å². The Morgan fingerprint density at radius 3 is 2.16 bits per heavy atom. The van der Waals surface area contributed by atoms with Gasteiger partial charge in [-0.15, -0.1) is 0 Å². The number of alkyl carbamates (subject to hydrolysis) is 1. The summed E-state index contributed by atoms with van der Waals surface area (Å²) in [6.07, 6.45) is 5.14. The summed E-state index contributed by atoms with van der Waals surface area (Å²) in [7, 11) is -3.58. The molecule has 0 radical (unpaired) electrons. The molecule has 0 spiro atoms. The largest absolute Gasteiger partial charge is 0.444 e. The number of hydrogen-bond donors (Lipinski definition) is 5. The van der Waals surface area contributed by atoms with Gasteiger partial charge in [0.1, 0.15) is 17.7 Å². The average Bonchev–Trinajstić information content (AvgIpc) is 2.95. The first kappa shape index (κ1) is 38.5. The fourth-order valence-corrected chi connectivity index (χ4v) is 6.56. The monoisotopic (exact) mass is 652 g/mol. The molecule has 0 heterocycles. The normalized spacial score (nSPS) is 17.2. The van der Waals surface area contributed by atoms with Crippen LogP contribution in [0.25, 0.3) is 0 Å². The Hall–Kier alpha value is -2.70. The molecule has 1 aliphatic rings. The van der Waals surface area contributed by atoms with Crippen LogP contribution in [0.4, 0.5) is 4.79 Å². The minimum atomic E-state index is -3.58. The molecule has 45 heavy (non-hydrogen) atoms. The molecule has 256 valence electrons. The molecule has 12 heteroatoms. The molecule has 4 atom stereocenters. The van der Waals surface area contributed by atoms with Crippen LogP contribution in [0, 0.1) is 5.92 Å². The Balaban J connectivity index is 2.29. The highest BCUT2D eigenvalue weighted by molar-refractivity contribution is 7.92. The Bertz CT molecular complexity index is 1170. The highest BCUT2D eigenvalue weighted by Gasteiger charge is 2.34. The molecular weight excluding hydrogens is 596 g/mol. The van der Waals surface area contributed by atoms with Crippen molar-refractivity contribution in [2.24, 2.45) is 11.7 Å². The first-order chi connectivity index (χ1) is 21.1. The van der Waals surface area contributed by atoms with Gasteiger partial charge in [0.05, 0.1) is 23.1 Å². The van der Waals surface area contributed by atoms with Gasteiger partial charge in [0.25, 0.3) is 0 Å². The number of benzene rings is 1. The third-order valence-electron chi connectivity index (χ3n) is 8.10. The zero-order valence-corrected chi connectivity index (χ0v) is 28.5. The van der Waals surface area contributed by atoms with E-state index in [-0.39, 0.29) is 18.8 Å². The van der Waals surface area contributed by atoms with E-state index in [0.29, 0.717) is 25.8 Å². The number of rotatable bonds is 17. The summed E-state index contributed by atoms with van der Waals surface area (Å²) in [5.74, 6) is -1.30. The van der Waals surface area contributed by atoms with Crippen molar-refractivity contribution in [2.75, 3.05) is 12.3 Å². The van der Waals surface area contributed by atoms with E-state index in [0.717, 1.165) is 37.7 Å². The van der Waals surface area contributed by atoms with Crippen molar-refractivity contribution in [2.45, 2.75) is 134 Å². The number of sulfone groups is 1. The van der Waals surface area contributed by atoms with Gasteiger partial charge in [0, 0.05) is 6.42 Å². The maximum atomic E-state index is 13.8. The second-order valence-electron chi connectivity index (χ2n) is 13.5. The lowest BCUT2D eigenvalue weighted by Gasteiger charge is -2.32. The number of aliphatic hydroxyl groups is 1. The quantitative estimate of drug-likeness (QED) is 0.159. The fourth-order valence-electron chi connectivity index (χ4n) is 5.47. The highest BCUT2D eigenvalue weighted by Crippen LogP contribution is 2.28. The Morgan fingerprint density at radius 1 is 0.956 bits per heavy atom. The zero-order chi connectivity index (χ0) is 33.6. The highest BCUT2D eigenvalue weighted by atomic mass is 32.2. The molecule has 11 nitrogen and oxygen atoms in total. The minimum Gasteiger partial charge on any atom is -0.444 e. The van der Waals surface area contributed by atoms with Gasteiger partial charge in [-0.05, 0) is 78.3 Å². The van der Waals surface area contributed by atoms with Crippen LogP contribution in [0.2, 0.25) is 0 Å². The van der Waals surface area contributed by atoms with Gasteiger partial charge in [0.15, 0.2) is 9.84 Å². The van der Waals surface area contributed by atoms with Crippen LogP contribution in [-0.4, -0.2) is 78.8 Å². The number of ether oxygens (including phenoxy) is 1. The van der Waals surface area contributed by atoms with Gasteiger partial charge in [-0.3, -0.25) is 9.59 Å². The Labute approximate surface area is 269 Å². The van der Waals surface area contributed by atoms with E-state index in [2.05, 4.69) is 16.0 Å². The molecule has 0 saturated heterocycles. The van der Waals surface area contributed by atoms with E-state index < -0.39 is 68.6 Å². The van der Waals surface area contributed by atoms with Crippen molar-refractivity contribution in [3.05, 3.63) is 35.9 Å². The second kappa shape index (κ2) is 18.4. The van der Waals surface area contributed by atoms with Gasteiger partial charge < -0.3 is 31.5 Å². The molecule has 0 unspecified atom stereocenters. The summed E-state index contributed by atoms with van der Waals surface area (Å²) in [4.78, 5) is 40.2. The summed E-state index contributed by atoms with van der Waals surface area (Å²) in [6.45, 7) is 8.72. The maximum Gasteiger partial charge on any atom is 0.408 e. The molecule has 0 aliphatic heterocycles. The van der Waals surface area contributed by atoms with E-state index in [1.165, 1.54) is 0 Å². The van der Waals surface area contributed by atoms with Crippen molar-refractivity contribution in [3.63, 3.8) is 0 Å². The lowest BCUT2D eigenvalue weighted by molar-refractivity contribution is -0.131. The molecule has 6 N–H and O–H groups in total. The zero-order valence-electron chi connectivity index (χ0n) is 27.7. The standard InChI is InChI=1S/C33H56N4O7S/c1-23(2)45(42,43)22-29(38)27(20-24-14-8-6-9-15-24)36-30(39)26(18-12-13-19-34)35-31(40)28(21-25-16-10-7-11-17-25)37-32(41)44-33(3,4)5/h7,10-11,16-17,23-24,26-29,38H,6,8-9,12-15,18-22,34H2,1-5H3,(H,35,40)(H,36,39)(H,37,41)/t26-,27-,28-,29-/m0/s1. The molecule has 1 aromatic carbocycles. The smallest absolute Gasteiger partial charge is 0.408 e. The van der Waals surface area contributed by atoms with E-state index in [1.54, 1.807) is 34.6 Å². The van der Waals surface area contributed by atoms with Gasteiger partial charge in [0.2, 0.25) is 11.8 Å². The van der Waals surface area contributed by atoms with Crippen LogP contribution in [0.5, 0.6) is 0 Å². The third kappa shape index (κ3) is 14.5. The first-order valence-corrected chi connectivity index (χ1v) is 18.1. The summed E-state index contributed by atoms with van der Waals surface area (Å²) < 4.78 is 30.8. The lowest BCUT2D eigenvalue weighted by Crippen LogP contribution is -2.57. The first-order valence-electron chi connectivity index (χ1n) is 16.3. The molecule has 0 aromatic heterocycles. The van der Waals surface area contributed by atoms with Crippen LogP contribution in [-0.2, 0) is 30.6 Å². The number of nitrogens with two attached hydrogens (primary N) is 1. The SMILES string of the molecule is CC(C)S(=O)(=O)C[C@H](O)[C@H](CC1CCCCC1)NC(=O)[C@H](CCCCN)NC(=O)[C@H](Cc1ccccc1)NC(=O)OC(C)(C)C. The van der Waals surface area contributed by atoms with Crippen molar-refractivity contribution in [1.82, 2.24) is 16.0 Å². The van der Waals surface area contributed by atoms with E-state index in [4.69, 9.17) is 10.5 Å². The van der Waals surface area contributed by atoms with Crippen LogP contribution >= 0.6 is 0 Å². The summed E-state index contributed by atoms with van der Waals surface area (Å²) in [5, 5.41) is 18.8. The fraction of sp³-hybridized carbons (Fsp3) is 0.727. The Kier molecular flexibility index (Phi) is 15.8. The van der Waals surface area contributed by atoms with Gasteiger partial charge in [-0.25, -0.2) is 13.2 Å². The van der Waals surface area contributed by atoms with Crippen molar-refractivity contribution in [3.8, 4) is 0 Å². The molecule has 1 aromatic rings. The maximum absolute atomic E-state index is 13.8. The Morgan fingerprint density at radius 2 is 1.58 bits per heavy atom. The van der Waals surface area contributed by atoms with E-state index in [9.17, 15) is 27.9 Å². The molecule has 2 rings (SSSR count). The molecule has 0 bridgehead atoms. The molecule has 3 amide bonds. The summed E-state index contributed by atoms with van der Waals surface area (Å²) >= 11 is 0. The summed E-state index contributed by atoms with van der Waals surface area (Å²) in [5.41, 5.74) is 5.73. The van der Waals surface area contributed by atoms with Crippen LogP contribution in [0.15, 0.2) is 30.3 Å².